The van der Waals surface area contributed by atoms with Gasteiger partial charge in [0, 0.05) is 11.8 Å². The summed E-state index contributed by atoms with van der Waals surface area (Å²) in [5, 5.41) is 11.0. The summed E-state index contributed by atoms with van der Waals surface area (Å²) >= 11 is 0. The first kappa shape index (κ1) is 17.9. The van der Waals surface area contributed by atoms with Gasteiger partial charge in [0.25, 0.3) is 11.8 Å². The minimum atomic E-state index is -0.845. The summed E-state index contributed by atoms with van der Waals surface area (Å²) in [6.07, 6.45) is 4.13. The summed E-state index contributed by atoms with van der Waals surface area (Å²) in [6, 6.07) is 14.4. The van der Waals surface area contributed by atoms with Crippen LogP contribution in [0.15, 0.2) is 70.9 Å². The molecule has 3 aromatic rings. The van der Waals surface area contributed by atoms with E-state index in [-0.39, 0.29) is 17.0 Å². The number of carbonyl (C=O) groups excluding carboxylic acids is 3. The van der Waals surface area contributed by atoms with Crippen LogP contribution in [0.3, 0.4) is 0 Å². The van der Waals surface area contributed by atoms with Gasteiger partial charge in [-0.3, -0.25) is 19.9 Å². The van der Waals surface area contributed by atoms with E-state index in [4.69, 9.17) is 9.68 Å². The second-order valence-corrected chi connectivity index (χ2v) is 6.06. The highest BCUT2D eigenvalue weighted by Gasteiger charge is 2.37. The van der Waals surface area contributed by atoms with Gasteiger partial charge >= 0.3 is 6.03 Å². The third-order valence-corrected chi connectivity index (χ3v) is 4.22. The molecule has 0 radical (unpaired) electrons. The van der Waals surface area contributed by atoms with Crippen LogP contribution in [0.2, 0.25) is 0 Å². The van der Waals surface area contributed by atoms with E-state index in [1.807, 2.05) is 6.07 Å². The molecule has 0 atom stereocenters. The number of urea groups is 1. The second-order valence-electron chi connectivity index (χ2n) is 6.06. The molecule has 0 saturated carbocycles. The van der Waals surface area contributed by atoms with Crippen molar-refractivity contribution >= 4 is 29.6 Å². The number of pyridine rings is 1. The lowest BCUT2D eigenvalue weighted by Crippen LogP contribution is -2.54. The van der Waals surface area contributed by atoms with Crippen molar-refractivity contribution < 1.29 is 18.8 Å². The van der Waals surface area contributed by atoms with Crippen molar-refractivity contribution in [2.75, 3.05) is 4.90 Å². The van der Waals surface area contributed by atoms with E-state index < -0.39 is 17.8 Å². The second kappa shape index (κ2) is 7.25. The van der Waals surface area contributed by atoms with Gasteiger partial charge in [0.2, 0.25) is 0 Å². The van der Waals surface area contributed by atoms with E-state index in [0.29, 0.717) is 11.3 Å². The van der Waals surface area contributed by atoms with Crippen LogP contribution in [0.4, 0.5) is 10.5 Å². The molecule has 4 rings (SSSR count). The highest BCUT2D eigenvalue weighted by molar-refractivity contribution is 6.39. The molecule has 1 fully saturated rings. The summed E-state index contributed by atoms with van der Waals surface area (Å²) in [5.41, 5.74) is 1.26. The number of nitriles is 1. The van der Waals surface area contributed by atoms with Crippen LogP contribution >= 0.6 is 0 Å². The fraction of sp³-hybridized carbons (Fsp3) is 0. The number of rotatable bonds is 3. The van der Waals surface area contributed by atoms with E-state index in [9.17, 15) is 14.4 Å². The monoisotopic (exact) mass is 384 g/mol. The number of hydrogen-bond donors (Lipinski definition) is 1. The van der Waals surface area contributed by atoms with E-state index in [2.05, 4.69) is 10.3 Å². The molecule has 0 aliphatic carbocycles. The molecule has 1 aliphatic rings. The van der Waals surface area contributed by atoms with Crippen LogP contribution in [0.25, 0.3) is 17.4 Å². The molecule has 140 valence electrons. The lowest BCUT2D eigenvalue weighted by Gasteiger charge is -2.25. The molecule has 8 heteroatoms. The van der Waals surface area contributed by atoms with Crippen LogP contribution in [0, 0.1) is 11.3 Å². The van der Waals surface area contributed by atoms with Crippen LogP contribution in [0.1, 0.15) is 11.3 Å². The standard InChI is InChI=1S/C21H12N4O4/c22-11-13-3-5-14(6-4-13)18-8-7-16(29-18)10-17-19(26)24-21(28)25(20(17)27)15-2-1-9-23-12-15/h1-10,12H,(H,24,26,28)/b17-10+. The zero-order valence-corrected chi connectivity index (χ0v) is 14.8. The van der Waals surface area contributed by atoms with Crippen LogP contribution in [0.5, 0.6) is 0 Å². The minimum absolute atomic E-state index is 0.241. The Morgan fingerprint density at radius 2 is 1.86 bits per heavy atom. The van der Waals surface area contributed by atoms with Crippen molar-refractivity contribution in [3.8, 4) is 17.4 Å². The minimum Gasteiger partial charge on any atom is -0.457 e. The van der Waals surface area contributed by atoms with Gasteiger partial charge in [0.15, 0.2) is 0 Å². The van der Waals surface area contributed by atoms with Gasteiger partial charge in [-0.25, -0.2) is 9.69 Å². The van der Waals surface area contributed by atoms with Gasteiger partial charge in [-0.05, 0) is 54.6 Å². The average molecular weight is 384 g/mol. The predicted octanol–water partition coefficient (Wildman–Crippen LogP) is 2.88. The number of furan rings is 1. The maximum absolute atomic E-state index is 12.8. The molecule has 4 amide bonds. The number of carbonyl (C=O) groups is 3. The maximum Gasteiger partial charge on any atom is 0.336 e. The summed E-state index contributed by atoms with van der Waals surface area (Å²) in [4.78, 5) is 41.8. The van der Waals surface area contributed by atoms with E-state index in [1.165, 1.54) is 24.5 Å². The molecular formula is C21H12N4O4. The Balaban J connectivity index is 1.65. The van der Waals surface area contributed by atoms with Gasteiger partial charge < -0.3 is 4.42 Å². The molecule has 3 heterocycles. The Hall–Kier alpha value is -4.51. The van der Waals surface area contributed by atoms with Gasteiger partial charge in [-0.15, -0.1) is 0 Å². The first-order chi connectivity index (χ1) is 14.1. The predicted molar refractivity (Wildman–Crippen MR) is 102 cm³/mol. The molecule has 8 nitrogen and oxygen atoms in total. The summed E-state index contributed by atoms with van der Waals surface area (Å²) in [5.74, 6) is -0.812. The maximum atomic E-state index is 12.8. The molecule has 2 aromatic heterocycles. The normalized spacial score (nSPS) is 15.3. The zero-order valence-electron chi connectivity index (χ0n) is 14.8. The van der Waals surface area contributed by atoms with Crippen molar-refractivity contribution in [1.29, 1.82) is 5.26 Å². The van der Waals surface area contributed by atoms with Crippen molar-refractivity contribution in [3.63, 3.8) is 0 Å². The number of imide groups is 2. The number of benzene rings is 1. The number of anilines is 1. The summed E-state index contributed by atoms with van der Waals surface area (Å²) in [7, 11) is 0. The number of nitrogens with zero attached hydrogens (tertiary/aromatic N) is 3. The molecular weight excluding hydrogens is 372 g/mol. The fourth-order valence-electron chi connectivity index (χ4n) is 2.81. The Kier molecular flexibility index (Phi) is 4.47. The van der Waals surface area contributed by atoms with Gasteiger partial charge in [0.1, 0.15) is 17.1 Å². The largest absolute Gasteiger partial charge is 0.457 e. The quantitative estimate of drug-likeness (QED) is 0.548. The number of barbiturate groups is 1. The number of nitrogens with one attached hydrogen (secondary N) is 1. The average Bonchev–Trinajstić information content (AvgIpc) is 3.20. The smallest absolute Gasteiger partial charge is 0.336 e. The van der Waals surface area contributed by atoms with Crippen LogP contribution in [-0.2, 0) is 9.59 Å². The SMILES string of the molecule is N#Cc1ccc(-c2ccc(/C=C3\C(=O)NC(=O)N(c4cccnc4)C3=O)o2)cc1. The highest BCUT2D eigenvalue weighted by Crippen LogP contribution is 2.25. The van der Waals surface area contributed by atoms with E-state index in [0.717, 1.165) is 10.5 Å². The Morgan fingerprint density at radius 1 is 1.07 bits per heavy atom. The van der Waals surface area contributed by atoms with Crippen molar-refractivity contribution in [2.24, 2.45) is 0 Å². The molecule has 0 spiro atoms. The van der Waals surface area contributed by atoms with Gasteiger partial charge in [0.05, 0.1) is 23.5 Å². The highest BCUT2D eigenvalue weighted by atomic mass is 16.3. The fourth-order valence-corrected chi connectivity index (χ4v) is 2.81. The van der Waals surface area contributed by atoms with Crippen LogP contribution in [-0.4, -0.2) is 22.8 Å². The van der Waals surface area contributed by atoms with Crippen molar-refractivity contribution in [1.82, 2.24) is 10.3 Å². The van der Waals surface area contributed by atoms with E-state index >= 15 is 0 Å². The van der Waals surface area contributed by atoms with Crippen LogP contribution < -0.4 is 10.2 Å². The molecule has 0 unspecified atom stereocenters. The first-order valence-electron chi connectivity index (χ1n) is 8.48. The molecule has 1 aliphatic heterocycles. The van der Waals surface area contributed by atoms with E-state index in [1.54, 1.807) is 42.5 Å². The Labute approximate surface area is 164 Å². The molecule has 1 N–H and O–H groups in total. The lowest BCUT2D eigenvalue weighted by atomic mass is 10.1. The Morgan fingerprint density at radius 3 is 2.55 bits per heavy atom. The number of aromatic nitrogens is 1. The lowest BCUT2D eigenvalue weighted by molar-refractivity contribution is -0.122. The Bertz CT molecular complexity index is 1190. The number of amides is 4. The third kappa shape index (κ3) is 3.40. The topological polar surface area (TPSA) is 116 Å². The zero-order chi connectivity index (χ0) is 20.4. The first-order valence-corrected chi connectivity index (χ1v) is 8.48. The molecule has 1 aromatic carbocycles. The molecule has 1 saturated heterocycles. The van der Waals surface area contributed by atoms with Gasteiger partial charge in [-0.2, -0.15) is 5.26 Å². The molecule has 0 bridgehead atoms. The van der Waals surface area contributed by atoms with Crippen molar-refractivity contribution in [2.45, 2.75) is 0 Å². The van der Waals surface area contributed by atoms with Crippen molar-refractivity contribution in [3.05, 3.63) is 77.8 Å². The third-order valence-electron chi connectivity index (χ3n) is 4.22. The summed E-state index contributed by atoms with van der Waals surface area (Å²) < 4.78 is 5.70. The summed E-state index contributed by atoms with van der Waals surface area (Å²) in [6.45, 7) is 0. The number of hydrogen-bond acceptors (Lipinski definition) is 6. The van der Waals surface area contributed by atoms with Gasteiger partial charge in [-0.1, -0.05) is 0 Å². The molecule has 29 heavy (non-hydrogen) atoms.